The lowest BCUT2D eigenvalue weighted by Gasteiger charge is -2.27. The van der Waals surface area contributed by atoms with Gasteiger partial charge in [0.2, 0.25) is 5.91 Å². The summed E-state index contributed by atoms with van der Waals surface area (Å²) in [7, 11) is 0. The van der Waals surface area contributed by atoms with Crippen LogP contribution in [0.15, 0.2) is 0 Å². The van der Waals surface area contributed by atoms with E-state index in [-0.39, 0.29) is 5.91 Å². The zero-order chi connectivity index (χ0) is 13.5. The van der Waals surface area contributed by atoms with Crippen LogP contribution in [0, 0.1) is 5.92 Å². The van der Waals surface area contributed by atoms with Crippen molar-refractivity contribution in [3.05, 3.63) is 0 Å². The van der Waals surface area contributed by atoms with Gasteiger partial charge in [-0.25, -0.2) is 0 Å². The van der Waals surface area contributed by atoms with Gasteiger partial charge in [0, 0.05) is 12.5 Å². The third-order valence-corrected chi connectivity index (χ3v) is 4.35. The van der Waals surface area contributed by atoms with E-state index in [1.54, 1.807) is 0 Å². The minimum Gasteiger partial charge on any atom is -0.378 e. The van der Waals surface area contributed by atoms with Gasteiger partial charge in [-0.15, -0.1) is 0 Å². The molecule has 4 heteroatoms. The second-order valence-electron chi connectivity index (χ2n) is 6.09. The minimum absolute atomic E-state index is 0.161. The number of nitrogens with one attached hydrogen (secondary N) is 2. The summed E-state index contributed by atoms with van der Waals surface area (Å²) >= 11 is 0. The number of carbonyl (C=O) groups excluding carboxylic acids is 1. The Kier molecular flexibility index (Phi) is 6.11. The zero-order valence-corrected chi connectivity index (χ0v) is 12.1. The Hall–Kier alpha value is -0.610. The molecule has 2 N–H and O–H groups in total. The topological polar surface area (TPSA) is 50.4 Å². The van der Waals surface area contributed by atoms with E-state index in [1.165, 1.54) is 12.8 Å². The van der Waals surface area contributed by atoms with Crippen LogP contribution in [0.4, 0.5) is 0 Å². The van der Waals surface area contributed by atoms with Crippen LogP contribution < -0.4 is 10.6 Å². The zero-order valence-electron chi connectivity index (χ0n) is 12.1. The highest BCUT2D eigenvalue weighted by molar-refractivity contribution is 5.76. The van der Waals surface area contributed by atoms with Crippen LogP contribution >= 0.6 is 0 Å². The van der Waals surface area contributed by atoms with Crippen LogP contribution in [0.3, 0.4) is 0 Å². The van der Waals surface area contributed by atoms with Crippen LogP contribution in [0.2, 0.25) is 0 Å². The predicted molar refractivity (Wildman–Crippen MR) is 76.0 cm³/mol. The van der Waals surface area contributed by atoms with E-state index < -0.39 is 0 Å². The van der Waals surface area contributed by atoms with Gasteiger partial charge in [-0.2, -0.15) is 0 Å². The smallest absolute Gasteiger partial charge is 0.222 e. The van der Waals surface area contributed by atoms with E-state index >= 15 is 0 Å². The molecular formula is C15H28N2O2. The van der Waals surface area contributed by atoms with Gasteiger partial charge >= 0.3 is 0 Å². The van der Waals surface area contributed by atoms with Gasteiger partial charge in [0.25, 0.3) is 0 Å². The average Bonchev–Trinajstić information content (AvgIpc) is 2.43. The van der Waals surface area contributed by atoms with Crippen molar-refractivity contribution in [3.63, 3.8) is 0 Å². The minimum atomic E-state index is 0.161. The van der Waals surface area contributed by atoms with Crippen LogP contribution in [-0.4, -0.2) is 37.7 Å². The molecule has 0 spiro atoms. The lowest BCUT2D eigenvalue weighted by atomic mass is 9.87. The van der Waals surface area contributed by atoms with Crippen molar-refractivity contribution < 1.29 is 9.53 Å². The Balaban J connectivity index is 1.54. The average molecular weight is 268 g/mol. The highest BCUT2D eigenvalue weighted by Gasteiger charge is 2.20. The standard InChI is InChI=1S/C15H28N2O2/c1-12-2-4-13(5-3-12)17-15(18)8-11-19-14-6-9-16-10-7-14/h12-14,16H,2-11H2,1H3,(H,17,18). The normalized spacial score (nSPS) is 29.1. The molecule has 2 aliphatic rings. The maximum atomic E-state index is 11.8. The Morgan fingerprint density at radius 2 is 1.84 bits per heavy atom. The molecule has 1 amide bonds. The lowest BCUT2D eigenvalue weighted by Crippen LogP contribution is -2.38. The van der Waals surface area contributed by atoms with Gasteiger partial charge in [0.1, 0.15) is 0 Å². The van der Waals surface area contributed by atoms with Crippen molar-refractivity contribution in [1.29, 1.82) is 0 Å². The molecule has 2 rings (SSSR count). The predicted octanol–water partition coefficient (Wildman–Crippen LogP) is 1.84. The molecule has 0 aromatic rings. The Morgan fingerprint density at radius 3 is 2.53 bits per heavy atom. The van der Waals surface area contributed by atoms with E-state index in [0.717, 1.165) is 44.7 Å². The molecule has 0 aromatic heterocycles. The van der Waals surface area contributed by atoms with Gasteiger partial charge in [-0.05, 0) is 57.5 Å². The monoisotopic (exact) mass is 268 g/mol. The molecule has 4 nitrogen and oxygen atoms in total. The van der Waals surface area contributed by atoms with Gasteiger partial charge in [0.05, 0.1) is 12.7 Å². The second-order valence-corrected chi connectivity index (χ2v) is 6.09. The second kappa shape index (κ2) is 7.85. The van der Waals surface area contributed by atoms with Crippen molar-refractivity contribution in [3.8, 4) is 0 Å². The fraction of sp³-hybridized carbons (Fsp3) is 0.933. The van der Waals surface area contributed by atoms with E-state index in [1.807, 2.05) is 0 Å². The molecule has 0 radical (unpaired) electrons. The number of carbonyl (C=O) groups is 1. The van der Waals surface area contributed by atoms with Crippen molar-refractivity contribution in [2.75, 3.05) is 19.7 Å². The summed E-state index contributed by atoms with van der Waals surface area (Å²) in [5.41, 5.74) is 0. The maximum absolute atomic E-state index is 11.8. The number of hydrogen-bond acceptors (Lipinski definition) is 3. The van der Waals surface area contributed by atoms with Crippen LogP contribution in [0.5, 0.6) is 0 Å². The van der Waals surface area contributed by atoms with E-state index in [9.17, 15) is 4.79 Å². The molecule has 1 saturated heterocycles. The Labute approximate surface area is 116 Å². The largest absolute Gasteiger partial charge is 0.378 e. The van der Waals surface area contributed by atoms with Crippen molar-refractivity contribution in [2.45, 2.75) is 64.0 Å². The molecule has 0 aromatic carbocycles. The molecule has 1 aliphatic carbocycles. The first kappa shape index (κ1) is 14.8. The fourth-order valence-electron chi connectivity index (χ4n) is 2.98. The third kappa shape index (κ3) is 5.49. The van der Waals surface area contributed by atoms with Crippen LogP contribution in [-0.2, 0) is 9.53 Å². The first-order chi connectivity index (χ1) is 9.24. The van der Waals surface area contributed by atoms with Gasteiger partial charge < -0.3 is 15.4 Å². The number of rotatable bonds is 5. The van der Waals surface area contributed by atoms with Crippen LogP contribution in [0.25, 0.3) is 0 Å². The summed E-state index contributed by atoms with van der Waals surface area (Å²) < 4.78 is 5.76. The molecule has 0 bridgehead atoms. The molecule has 1 saturated carbocycles. The molecular weight excluding hydrogens is 240 g/mol. The molecule has 110 valence electrons. The molecule has 19 heavy (non-hydrogen) atoms. The van der Waals surface area contributed by atoms with Gasteiger partial charge in [-0.3, -0.25) is 4.79 Å². The Bertz CT molecular complexity index is 269. The summed E-state index contributed by atoms with van der Waals surface area (Å²) in [5.74, 6) is 0.991. The van der Waals surface area contributed by atoms with Gasteiger partial charge in [0.15, 0.2) is 0 Å². The van der Waals surface area contributed by atoms with Crippen LogP contribution in [0.1, 0.15) is 51.9 Å². The van der Waals surface area contributed by atoms with Crippen molar-refractivity contribution >= 4 is 5.91 Å². The summed E-state index contributed by atoms with van der Waals surface area (Å²) in [6.45, 7) is 4.94. The summed E-state index contributed by atoms with van der Waals surface area (Å²) in [6, 6.07) is 0.405. The van der Waals surface area contributed by atoms with E-state index in [2.05, 4.69) is 17.6 Å². The quantitative estimate of drug-likeness (QED) is 0.800. The van der Waals surface area contributed by atoms with E-state index in [4.69, 9.17) is 4.74 Å². The Morgan fingerprint density at radius 1 is 1.16 bits per heavy atom. The van der Waals surface area contributed by atoms with Crippen molar-refractivity contribution in [1.82, 2.24) is 10.6 Å². The number of hydrogen-bond donors (Lipinski definition) is 2. The lowest BCUT2D eigenvalue weighted by molar-refractivity contribution is -0.123. The number of piperidine rings is 1. The summed E-state index contributed by atoms with van der Waals surface area (Å²) in [6.07, 6.45) is 7.78. The molecule has 0 atom stereocenters. The SMILES string of the molecule is CC1CCC(NC(=O)CCOC2CCNCC2)CC1. The third-order valence-electron chi connectivity index (χ3n) is 4.35. The van der Waals surface area contributed by atoms with Crippen molar-refractivity contribution in [2.24, 2.45) is 5.92 Å². The highest BCUT2D eigenvalue weighted by Crippen LogP contribution is 2.23. The van der Waals surface area contributed by atoms with E-state index in [0.29, 0.717) is 25.2 Å². The maximum Gasteiger partial charge on any atom is 0.222 e. The molecule has 2 fully saturated rings. The molecule has 1 heterocycles. The first-order valence-electron chi connectivity index (χ1n) is 7.85. The number of ether oxygens (including phenoxy) is 1. The molecule has 1 aliphatic heterocycles. The molecule has 0 unspecified atom stereocenters. The summed E-state index contributed by atoms with van der Waals surface area (Å²) in [5, 5.41) is 6.46. The van der Waals surface area contributed by atoms with Gasteiger partial charge in [-0.1, -0.05) is 6.92 Å². The highest BCUT2D eigenvalue weighted by atomic mass is 16.5. The first-order valence-corrected chi connectivity index (χ1v) is 7.85. The number of amides is 1. The summed E-state index contributed by atoms with van der Waals surface area (Å²) in [4.78, 5) is 11.8. The fourth-order valence-corrected chi connectivity index (χ4v) is 2.98.